The van der Waals surface area contributed by atoms with Crippen LogP contribution in [-0.4, -0.2) is 59.8 Å². The van der Waals surface area contributed by atoms with Gasteiger partial charge in [0.25, 0.3) is 0 Å². The van der Waals surface area contributed by atoms with Crippen LogP contribution in [0.5, 0.6) is 0 Å². The number of nitrogens with zero attached hydrogens (tertiary/aromatic N) is 2. The van der Waals surface area contributed by atoms with Gasteiger partial charge in [-0.05, 0) is 45.2 Å². The molecule has 2 rings (SSSR count). The smallest absolute Gasteiger partial charge is 0.317 e. The molecule has 0 aromatic heterocycles. The Kier molecular flexibility index (Phi) is 7.06. The van der Waals surface area contributed by atoms with E-state index in [4.69, 9.17) is 0 Å². The molecule has 1 aromatic carbocycles. The Labute approximate surface area is 145 Å². The molecule has 1 aliphatic rings. The fourth-order valence-corrected chi connectivity index (χ4v) is 3.36. The second kappa shape index (κ2) is 9.04. The van der Waals surface area contributed by atoms with Gasteiger partial charge in [-0.25, -0.2) is 4.79 Å². The number of nitrogens with one attached hydrogen (secondary N) is 1. The van der Waals surface area contributed by atoms with E-state index < -0.39 is 0 Å². The van der Waals surface area contributed by atoms with Crippen molar-refractivity contribution in [3.05, 3.63) is 35.9 Å². The van der Waals surface area contributed by atoms with E-state index in [2.05, 4.69) is 29.4 Å². The number of carbonyl (C=O) groups excluding carboxylic acids is 1. The Bertz CT molecular complexity index is 499. The average molecular weight is 333 g/mol. The lowest BCUT2D eigenvalue weighted by Gasteiger charge is -2.34. The van der Waals surface area contributed by atoms with Crippen LogP contribution in [-0.2, 0) is 6.54 Å². The number of benzene rings is 1. The molecule has 0 bridgehead atoms. The van der Waals surface area contributed by atoms with Crippen LogP contribution in [0.3, 0.4) is 0 Å². The van der Waals surface area contributed by atoms with Crippen molar-refractivity contribution in [1.29, 1.82) is 0 Å². The number of carbonyl (C=O) groups is 1. The number of piperidine rings is 1. The quantitative estimate of drug-likeness (QED) is 0.840. The maximum atomic E-state index is 12.4. The third kappa shape index (κ3) is 5.80. The normalized spacial score (nSPS) is 18.5. The van der Waals surface area contributed by atoms with E-state index in [0.29, 0.717) is 5.92 Å². The Morgan fingerprint density at radius 1 is 1.29 bits per heavy atom. The highest BCUT2D eigenvalue weighted by molar-refractivity contribution is 5.74. The van der Waals surface area contributed by atoms with Crippen LogP contribution in [0, 0.1) is 5.92 Å². The van der Waals surface area contributed by atoms with Gasteiger partial charge in [0.2, 0.25) is 0 Å². The van der Waals surface area contributed by atoms with Crippen molar-refractivity contribution in [2.45, 2.75) is 45.4 Å². The summed E-state index contributed by atoms with van der Waals surface area (Å²) < 4.78 is 0. The summed E-state index contributed by atoms with van der Waals surface area (Å²) in [4.78, 5) is 16.4. The van der Waals surface area contributed by atoms with Crippen molar-refractivity contribution in [3.8, 4) is 0 Å². The first kappa shape index (κ1) is 18.7. The van der Waals surface area contributed by atoms with Crippen LogP contribution in [0.2, 0.25) is 0 Å². The van der Waals surface area contributed by atoms with E-state index in [1.54, 1.807) is 0 Å². The van der Waals surface area contributed by atoms with Crippen LogP contribution < -0.4 is 5.32 Å². The zero-order valence-electron chi connectivity index (χ0n) is 15.1. The molecule has 134 valence electrons. The van der Waals surface area contributed by atoms with Gasteiger partial charge in [0.1, 0.15) is 0 Å². The third-order valence-electron chi connectivity index (χ3n) is 4.76. The number of aliphatic hydroxyl groups is 1. The number of likely N-dealkylation sites (tertiary alicyclic amines) is 1. The molecule has 5 heteroatoms. The summed E-state index contributed by atoms with van der Waals surface area (Å²) in [6.07, 6.45) is 1.49. The molecule has 1 aliphatic heterocycles. The Morgan fingerprint density at radius 2 is 1.92 bits per heavy atom. The second-order valence-electron chi connectivity index (χ2n) is 7.10. The summed E-state index contributed by atoms with van der Waals surface area (Å²) in [6, 6.07) is 10.5. The van der Waals surface area contributed by atoms with E-state index in [-0.39, 0.29) is 18.2 Å². The van der Waals surface area contributed by atoms with Crippen molar-refractivity contribution in [3.63, 3.8) is 0 Å². The van der Waals surface area contributed by atoms with Gasteiger partial charge in [0.05, 0.1) is 6.10 Å². The van der Waals surface area contributed by atoms with Crippen LogP contribution in [0.15, 0.2) is 30.3 Å². The van der Waals surface area contributed by atoms with Gasteiger partial charge in [0.15, 0.2) is 0 Å². The zero-order chi connectivity index (χ0) is 17.5. The number of amides is 2. The van der Waals surface area contributed by atoms with Gasteiger partial charge < -0.3 is 20.2 Å². The maximum Gasteiger partial charge on any atom is 0.317 e. The number of rotatable bonds is 6. The molecule has 2 unspecified atom stereocenters. The number of urea groups is 1. The fourth-order valence-electron chi connectivity index (χ4n) is 3.36. The maximum absolute atomic E-state index is 12.4. The van der Waals surface area contributed by atoms with Crippen molar-refractivity contribution in [1.82, 2.24) is 15.1 Å². The highest BCUT2D eigenvalue weighted by Crippen LogP contribution is 2.20. The largest absolute Gasteiger partial charge is 0.393 e. The van der Waals surface area contributed by atoms with Gasteiger partial charge in [-0.2, -0.15) is 0 Å². The van der Waals surface area contributed by atoms with Crippen molar-refractivity contribution < 1.29 is 9.90 Å². The highest BCUT2D eigenvalue weighted by atomic mass is 16.3. The number of aliphatic hydroxyl groups excluding tert-OH is 1. The first-order chi connectivity index (χ1) is 11.5. The lowest BCUT2D eigenvalue weighted by Crippen LogP contribution is -2.50. The van der Waals surface area contributed by atoms with E-state index in [1.807, 2.05) is 36.9 Å². The van der Waals surface area contributed by atoms with Gasteiger partial charge in [-0.15, -0.1) is 0 Å². The summed E-state index contributed by atoms with van der Waals surface area (Å²) in [5.74, 6) is 0.323. The van der Waals surface area contributed by atoms with Crippen LogP contribution >= 0.6 is 0 Å². The van der Waals surface area contributed by atoms with Crippen molar-refractivity contribution >= 4 is 6.03 Å². The van der Waals surface area contributed by atoms with Gasteiger partial charge >= 0.3 is 6.03 Å². The van der Waals surface area contributed by atoms with E-state index in [9.17, 15) is 9.90 Å². The highest BCUT2D eigenvalue weighted by Gasteiger charge is 2.26. The Hall–Kier alpha value is -1.59. The monoisotopic (exact) mass is 333 g/mol. The molecule has 1 fully saturated rings. The number of hydrogen-bond donors (Lipinski definition) is 2. The molecule has 0 aliphatic carbocycles. The first-order valence-corrected chi connectivity index (χ1v) is 8.91. The molecule has 1 heterocycles. The molecular weight excluding hydrogens is 302 g/mol. The lowest BCUT2D eigenvalue weighted by atomic mass is 9.92. The SMILES string of the molecule is CC(CN(C)Cc1ccccc1)NC(=O)N1CCC(C(C)O)CC1. The minimum atomic E-state index is -0.277. The molecular formula is C19H31N3O2. The van der Waals surface area contributed by atoms with Gasteiger partial charge in [-0.3, -0.25) is 0 Å². The van der Waals surface area contributed by atoms with Crippen LogP contribution in [0.4, 0.5) is 4.79 Å². The zero-order valence-corrected chi connectivity index (χ0v) is 15.1. The first-order valence-electron chi connectivity index (χ1n) is 8.91. The van der Waals surface area contributed by atoms with E-state index in [0.717, 1.165) is 39.0 Å². The molecule has 0 radical (unpaired) electrons. The van der Waals surface area contributed by atoms with Gasteiger partial charge in [0, 0.05) is 32.2 Å². The van der Waals surface area contributed by atoms with E-state index >= 15 is 0 Å². The van der Waals surface area contributed by atoms with Crippen LogP contribution in [0.25, 0.3) is 0 Å². The molecule has 2 N–H and O–H groups in total. The Morgan fingerprint density at radius 3 is 2.50 bits per heavy atom. The summed E-state index contributed by atoms with van der Waals surface area (Å²) >= 11 is 0. The molecule has 24 heavy (non-hydrogen) atoms. The number of hydrogen-bond acceptors (Lipinski definition) is 3. The minimum Gasteiger partial charge on any atom is -0.393 e. The van der Waals surface area contributed by atoms with E-state index in [1.165, 1.54) is 5.56 Å². The molecule has 1 aromatic rings. The summed E-state index contributed by atoms with van der Waals surface area (Å²) in [6.45, 7) is 7.03. The average Bonchev–Trinajstić information content (AvgIpc) is 2.55. The van der Waals surface area contributed by atoms with Crippen LogP contribution in [0.1, 0.15) is 32.3 Å². The lowest BCUT2D eigenvalue weighted by molar-refractivity contribution is 0.0791. The third-order valence-corrected chi connectivity index (χ3v) is 4.76. The topological polar surface area (TPSA) is 55.8 Å². The molecule has 0 saturated carbocycles. The van der Waals surface area contributed by atoms with Crippen molar-refractivity contribution in [2.24, 2.45) is 5.92 Å². The molecule has 5 nitrogen and oxygen atoms in total. The predicted molar refractivity (Wildman–Crippen MR) is 96.7 cm³/mol. The summed E-state index contributed by atoms with van der Waals surface area (Å²) in [5.41, 5.74) is 1.28. The van der Waals surface area contributed by atoms with Gasteiger partial charge in [-0.1, -0.05) is 30.3 Å². The Balaban J connectivity index is 1.71. The second-order valence-corrected chi connectivity index (χ2v) is 7.10. The minimum absolute atomic E-state index is 0.0136. The fraction of sp³-hybridized carbons (Fsp3) is 0.632. The molecule has 2 atom stereocenters. The summed E-state index contributed by atoms with van der Waals surface area (Å²) in [5, 5.41) is 12.7. The predicted octanol–water partition coefficient (Wildman–Crippen LogP) is 2.31. The number of likely N-dealkylation sites (N-methyl/N-ethyl adjacent to an activating group) is 1. The van der Waals surface area contributed by atoms with Crippen molar-refractivity contribution in [2.75, 3.05) is 26.7 Å². The summed E-state index contributed by atoms with van der Waals surface area (Å²) in [7, 11) is 2.07. The molecule has 2 amide bonds. The molecule has 1 saturated heterocycles. The molecule has 0 spiro atoms. The standard InChI is InChI=1S/C19H31N3O2/c1-15(13-21(3)14-17-7-5-4-6-8-17)20-19(24)22-11-9-18(10-12-22)16(2)23/h4-8,15-16,18,23H,9-14H2,1-3H3,(H,20,24).